The first-order chi connectivity index (χ1) is 9.49. The number of amides is 1. The highest BCUT2D eigenvalue weighted by molar-refractivity contribution is 5.95. The van der Waals surface area contributed by atoms with Crippen LogP contribution in [0.25, 0.3) is 0 Å². The van der Waals surface area contributed by atoms with Gasteiger partial charge in [0.2, 0.25) is 5.91 Å². The quantitative estimate of drug-likeness (QED) is 0.779. The Morgan fingerprint density at radius 3 is 2.80 bits per heavy atom. The van der Waals surface area contributed by atoms with E-state index >= 15 is 0 Å². The molecule has 0 spiro atoms. The van der Waals surface area contributed by atoms with Gasteiger partial charge in [-0.1, -0.05) is 6.92 Å². The second kappa shape index (κ2) is 7.51. The minimum Gasteiger partial charge on any atom is -0.399 e. The van der Waals surface area contributed by atoms with Crippen LogP contribution in [0, 0.1) is 18.3 Å². The number of nitrogens with zero attached hydrogens (tertiary/aromatic N) is 2. The third kappa shape index (κ3) is 4.25. The van der Waals surface area contributed by atoms with Crippen LogP contribution in [-0.2, 0) is 4.79 Å². The Morgan fingerprint density at radius 1 is 1.55 bits per heavy atom. The number of nitrogen functional groups attached to an aromatic ring is 1. The maximum atomic E-state index is 12.2. The largest absolute Gasteiger partial charge is 0.399 e. The minimum absolute atomic E-state index is 0.0716. The molecule has 0 radical (unpaired) electrons. The number of benzene rings is 1. The van der Waals surface area contributed by atoms with E-state index in [9.17, 15) is 4.79 Å². The lowest BCUT2D eigenvalue weighted by molar-refractivity contribution is -0.120. The molecule has 1 aromatic carbocycles. The highest BCUT2D eigenvalue weighted by atomic mass is 16.2. The highest BCUT2D eigenvalue weighted by Gasteiger charge is 2.20. The molecule has 1 aromatic rings. The number of rotatable bonds is 6. The Labute approximate surface area is 120 Å². The zero-order valence-electron chi connectivity index (χ0n) is 12.3. The van der Waals surface area contributed by atoms with E-state index in [1.807, 2.05) is 31.7 Å². The molecular formula is C15H22N4O. The van der Waals surface area contributed by atoms with Crippen LogP contribution in [-0.4, -0.2) is 29.9 Å². The van der Waals surface area contributed by atoms with E-state index in [-0.39, 0.29) is 11.9 Å². The van der Waals surface area contributed by atoms with Gasteiger partial charge >= 0.3 is 0 Å². The molecule has 1 atom stereocenters. The van der Waals surface area contributed by atoms with Crippen molar-refractivity contribution < 1.29 is 4.79 Å². The number of nitrogens with one attached hydrogen (secondary N) is 1. The van der Waals surface area contributed by atoms with Crippen molar-refractivity contribution in [3.05, 3.63) is 23.8 Å². The lowest BCUT2D eigenvalue weighted by Crippen LogP contribution is -2.42. The Bertz CT molecular complexity index is 507. The molecule has 0 saturated carbocycles. The fourth-order valence-electron chi connectivity index (χ4n) is 2.05. The van der Waals surface area contributed by atoms with Crippen molar-refractivity contribution in [3.63, 3.8) is 0 Å². The van der Waals surface area contributed by atoms with Crippen LogP contribution in [0.3, 0.4) is 0 Å². The summed E-state index contributed by atoms with van der Waals surface area (Å²) in [5.74, 6) is -0.0716. The topological polar surface area (TPSA) is 82.2 Å². The predicted octanol–water partition coefficient (Wildman–Crippen LogP) is 2.14. The van der Waals surface area contributed by atoms with Gasteiger partial charge in [0.15, 0.2) is 0 Å². The first kappa shape index (κ1) is 16.0. The Balaban J connectivity index is 2.71. The van der Waals surface area contributed by atoms with Gasteiger partial charge in [-0.2, -0.15) is 5.26 Å². The fourth-order valence-corrected chi connectivity index (χ4v) is 2.05. The molecule has 108 valence electrons. The zero-order valence-corrected chi connectivity index (χ0v) is 12.3. The first-order valence-corrected chi connectivity index (χ1v) is 6.77. The molecule has 1 unspecified atom stereocenters. The third-order valence-electron chi connectivity index (χ3n) is 3.35. The molecule has 5 nitrogen and oxygen atoms in total. The summed E-state index contributed by atoms with van der Waals surface area (Å²) < 4.78 is 0. The molecule has 1 rings (SSSR count). The van der Waals surface area contributed by atoms with Crippen molar-refractivity contribution in [3.8, 4) is 6.07 Å². The molecule has 0 bridgehead atoms. The van der Waals surface area contributed by atoms with E-state index in [1.54, 1.807) is 12.1 Å². The molecular weight excluding hydrogens is 252 g/mol. The van der Waals surface area contributed by atoms with Crippen LogP contribution < -0.4 is 11.1 Å². The SMILES string of the molecule is CCN(CCC#N)C(C)C(=O)Nc1ccc(N)cc1C. The monoisotopic (exact) mass is 274 g/mol. The number of likely N-dealkylation sites (N-methyl/N-ethyl adjacent to an activating group) is 1. The van der Waals surface area contributed by atoms with Gasteiger partial charge in [0.25, 0.3) is 0 Å². The summed E-state index contributed by atoms with van der Waals surface area (Å²) >= 11 is 0. The standard InChI is InChI=1S/C15H22N4O/c1-4-19(9-5-8-16)12(3)15(20)18-14-7-6-13(17)10-11(14)2/h6-7,10,12H,4-5,9,17H2,1-3H3,(H,18,20). The molecule has 0 fully saturated rings. The summed E-state index contributed by atoms with van der Waals surface area (Å²) in [5.41, 5.74) is 8.08. The molecule has 0 heterocycles. The number of carbonyl (C=O) groups is 1. The maximum Gasteiger partial charge on any atom is 0.241 e. The lowest BCUT2D eigenvalue weighted by atomic mass is 10.1. The number of aryl methyl sites for hydroxylation is 1. The van der Waals surface area contributed by atoms with E-state index in [0.717, 1.165) is 17.8 Å². The van der Waals surface area contributed by atoms with E-state index in [2.05, 4.69) is 11.4 Å². The number of nitrogens with two attached hydrogens (primary N) is 1. The first-order valence-electron chi connectivity index (χ1n) is 6.77. The van der Waals surface area contributed by atoms with Crippen LogP contribution in [0.4, 0.5) is 11.4 Å². The Morgan fingerprint density at radius 2 is 2.25 bits per heavy atom. The third-order valence-corrected chi connectivity index (χ3v) is 3.35. The summed E-state index contributed by atoms with van der Waals surface area (Å²) in [6.07, 6.45) is 0.423. The van der Waals surface area contributed by atoms with Gasteiger partial charge in [-0.3, -0.25) is 9.69 Å². The number of hydrogen-bond donors (Lipinski definition) is 2. The van der Waals surface area contributed by atoms with Gasteiger partial charge < -0.3 is 11.1 Å². The van der Waals surface area contributed by atoms with Gasteiger partial charge in [-0.05, 0) is 44.2 Å². The number of nitriles is 1. The smallest absolute Gasteiger partial charge is 0.241 e. The van der Waals surface area contributed by atoms with Gasteiger partial charge in [0, 0.05) is 24.3 Å². The van der Waals surface area contributed by atoms with E-state index in [0.29, 0.717) is 18.7 Å². The Kier molecular flexibility index (Phi) is 6.01. The summed E-state index contributed by atoms with van der Waals surface area (Å²) in [4.78, 5) is 14.2. The molecule has 0 saturated heterocycles. The zero-order chi connectivity index (χ0) is 15.1. The molecule has 3 N–H and O–H groups in total. The van der Waals surface area contributed by atoms with Crippen LogP contribution in [0.1, 0.15) is 25.8 Å². The van der Waals surface area contributed by atoms with Crippen molar-refractivity contribution >= 4 is 17.3 Å². The number of hydrogen-bond acceptors (Lipinski definition) is 4. The molecule has 0 aliphatic heterocycles. The molecule has 0 aliphatic carbocycles. The molecule has 1 amide bonds. The molecule has 5 heteroatoms. The fraction of sp³-hybridized carbons (Fsp3) is 0.467. The summed E-state index contributed by atoms with van der Waals surface area (Å²) in [5, 5.41) is 11.5. The van der Waals surface area contributed by atoms with Crippen molar-refractivity contribution in [1.29, 1.82) is 5.26 Å². The predicted molar refractivity (Wildman–Crippen MR) is 81.2 cm³/mol. The van der Waals surface area contributed by atoms with Crippen LogP contribution in [0.5, 0.6) is 0 Å². The second-order valence-corrected chi connectivity index (χ2v) is 4.78. The normalized spacial score (nSPS) is 11.9. The molecule has 20 heavy (non-hydrogen) atoms. The molecule has 0 aromatic heterocycles. The second-order valence-electron chi connectivity index (χ2n) is 4.78. The summed E-state index contributed by atoms with van der Waals surface area (Å²) in [6.45, 7) is 7.07. The molecule has 0 aliphatic rings. The maximum absolute atomic E-state index is 12.2. The van der Waals surface area contributed by atoms with E-state index in [4.69, 9.17) is 11.0 Å². The van der Waals surface area contributed by atoms with Crippen LogP contribution >= 0.6 is 0 Å². The highest BCUT2D eigenvalue weighted by Crippen LogP contribution is 2.18. The van der Waals surface area contributed by atoms with Gasteiger partial charge in [-0.25, -0.2) is 0 Å². The minimum atomic E-state index is -0.273. The van der Waals surface area contributed by atoms with E-state index in [1.165, 1.54) is 0 Å². The number of anilines is 2. The lowest BCUT2D eigenvalue weighted by Gasteiger charge is -2.26. The van der Waals surface area contributed by atoms with Crippen molar-refractivity contribution in [2.45, 2.75) is 33.2 Å². The Hall–Kier alpha value is -2.06. The van der Waals surface area contributed by atoms with E-state index < -0.39 is 0 Å². The number of carbonyl (C=O) groups excluding carboxylic acids is 1. The average molecular weight is 274 g/mol. The average Bonchev–Trinajstić information content (AvgIpc) is 2.42. The van der Waals surface area contributed by atoms with Gasteiger partial charge in [0.05, 0.1) is 12.1 Å². The summed E-state index contributed by atoms with van der Waals surface area (Å²) in [7, 11) is 0. The van der Waals surface area contributed by atoms with Crippen molar-refractivity contribution in [1.82, 2.24) is 4.90 Å². The van der Waals surface area contributed by atoms with Gasteiger partial charge in [0.1, 0.15) is 0 Å². The van der Waals surface area contributed by atoms with Gasteiger partial charge in [-0.15, -0.1) is 0 Å². The van der Waals surface area contributed by atoms with Crippen LogP contribution in [0.15, 0.2) is 18.2 Å². The van der Waals surface area contributed by atoms with Crippen molar-refractivity contribution in [2.75, 3.05) is 24.1 Å². The summed E-state index contributed by atoms with van der Waals surface area (Å²) in [6, 6.07) is 7.23. The van der Waals surface area contributed by atoms with Crippen molar-refractivity contribution in [2.24, 2.45) is 0 Å². The van der Waals surface area contributed by atoms with Crippen LogP contribution in [0.2, 0.25) is 0 Å².